The van der Waals surface area contributed by atoms with Crippen molar-refractivity contribution in [1.82, 2.24) is 4.90 Å². The molecule has 2 amide bonds. The van der Waals surface area contributed by atoms with Crippen molar-refractivity contribution < 1.29 is 18.8 Å². The zero-order chi connectivity index (χ0) is 19.2. The van der Waals surface area contributed by atoms with Crippen LogP contribution in [0, 0.1) is 12.3 Å². The SMILES string of the molecule is C#CCCOC(=O)N1C(=O)C(O[Si](CC)(CC)CC)C1c1ccccc1. The molecule has 1 heterocycles. The Labute approximate surface area is 156 Å². The second-order valence-electron chi connectivity index (χ2n) is 6.41. The smallest absolute Gasteiger partial charge is 0.417 e. The Bertz CT molecular complexity index is 658. The molecule has 0 saturated carbocycles. The minimum atomic E-state index is -1.99. The van der Waals surface area contributed by atoms with Crippen LogP contribution in [0.15, 0.2) is 30.3 Å². The summed E-state index contributed by atoms with van der Waals surface area (Å²) in [5, 5.41) is 0. The molecule has 2 atom stereocenters. The molecular formula is C20H27NO4Si. The summed E-state index contributed by atoms with van der Waals surface area (Å²) >= 11 is 0. The van der Waals surface area contributed by atoms with E-state index in [1.807, 2.05) is 30.3 Å². The van der Waals surface area contributed by atoms with Crippen LogP contribution in [0.1, 0.15) is 38.8 Å². The van der Waals surface area contributed by atoms with E-state index >= 15 is 0 Å². The average molecular weight is 374 g/mol. The maximum absolute atomic E-state index is 12.7. The van der Waals surface area contributed by atoms with Crippen LogP contribution in [-0.2, 0) is 14.0 Å². The second-order valence-corrected chi connectivity index (χ2v) is 11.1. The Kier molecular flexibility index (Phi) is 7.01. The highest BCUT2D eigenvalue weighted by Crippen LogP contribution is 2.40. The van der Waals surface area contributed by atoms with Crippen molar-refractivity contribution in [2.24, 2.45) is 0 Å². The molecule has 1 aromatic rings. The van der Waals surface area contributed by atoms with E-state index in [0.29, 0.717) is 6.42 Å². The molecule has 1 fully saturated rings. The summed E-state index contributed by atoms with van der Waals surface area (Å²) in [6.45, 7) is 6.45. The number of carbonyl (C=O) groups is 2. The van der Waals surface area contributed by atoms with Gasteiger partial charge in [-0.25, -0.2) is 9.69 Å². The number of hydrogen-bond donors (Lipinski definition) is 0. The van der Waals surface area contributed by atoms with Crippen molar-refractivity contribution in [2.45, 2.75) is 57.5 Å². The van der Waals surface area contributed by atoms with E-state index in [0.717, 1.165) is 28.6 Å². The van der Waals surface area contributed by atoms with E-state index in [1.54, 1.807) is 0 Å². The highest BCUT2D eigenvalue weighted by Gasteiger charge is 2.55. The molecule has 26 heavy (non-hydrogen) atoms. The van der Waals surface area contributed by atoms with Crippen LogP contribution >= 0.6 is 0 Å². The van der Waals surface area contributed by atoms with Gasteiger partial charge < -0.3 is 9.16 Å². The molecule has 1 aromatic carbocycles. The van der Waals surface area contributed by atoms with Gasteiger partial charge in [0.15, 0.2) is 14.4 Å². The number of nitrogens with zero attached hydrogens (tertiary/aromatic N) is 1. The summed E-state index contributed by atoms with van der Waals surface area (Å²) in [6, 6.07) is 11.9. The summed E-state index contributed by atoms with van der Waals surface area (Å²) in [5.41, 5.74) is 0.872. The van der Waals surface area contributed by atoms with Gasteiger partial charge in [-0.3, -0.25) is 4.79 Å². The highest BCUT2D eigenvalue weighted by atomic mass is 28.4. The molecule has 2 unspecified atom stereocenters. The van der Waals surface area contributed by atoms with E-state index in [4.69, 9.17) is 15.6 Å². The number of hydrogen-bond acceptors (Lipinski definition) is 4. The molecule has 0 bridgehead atoms. The average Bonchev–Trinajstić information content (AvgIpc) is 2.68. The lowest BCUT2D eigenvalue weighted by atomic mass is 9.91. The molecule has 6 heteroatoms. The van der Waals surface area contributed by atoms with Crippen molar-refractivity contribution in [2.75, 3.05) is 6.61 Å². The number of rotatable bonds is 8. The zero-order valence-electron chi connectivity index (χ0n) is 15.7. The maximum Gasteiger partial charge on any atom is 0.417 e. The molecule has 1 aliphatic heterocycles. The van der Waals surface area contributed by atoms with Gasteiger partial charge in [0.25, 0.3) is 5.91 Å². The number of imide groups is 1. The topological polar surface area (TPSA) is 55.8 Å². The molecule has 1 saturated heterocycles. The van der Waals surface area contributed by atoms with Gasteiger partial charge in [0.1, 0.15) is 12.6 Å². The Hall–Kier alpha value is -2.10. The van der Waals surface area contributed by atoms with E-state index in [2.05, 4.69) is 26.7 Å². The third kappa shape index (κ3) is 4.00. The van der Waals surface area contributed by atoms with E-state index in [1.165, 1.54) is 0 Å². The largest absolute Gasteiger partial charge is 0.448 e. The van der Waals surface area contributed by atoms with Crippen LogP contribution in [0.5, 0.6) is 0 Å². The molecule has 0 aromatic heterocycles. The highest BCUT2D eigenvalue weighted by molar-refractivity contribution is 6.73. The molecule has 140 valence electrons. The fourth-order valence-corrected chi connectivity index (χ4v) is 6.06. The van der Waals surface area contributed by atoms with E-state index in [9.17, 15) is 9.59 Å². The second kappa shape index (κ2) is 9.02. The number of carbonyl (C=O) groups excluding carboxylic acids is 2. The van der Waals surface area contributed by atoms with Crippen LogP contribution in [0.25, 0.3) is 0 Å². The summed E-state index contributed by atoms with van der Waals surface area (Å²) in [4.78, 5) is 26.3. The predicted molar refractivity (Wildman–Crippen MR) is 103 cm³/mol. The Morgan fingerprint density at radius 3 is 2.35 bits per heavy atom. The number of benzene rings is 1. The van der Waals surface area contributed by atoms with E-state index < -0.39 is 26.6 Å². The van der Waals surface area contributed by atoms with Crippen molar-refractivity contribution in [3.8, 4) is 12.3 Å². The predicted octanol–water partition coefficient (Wildman–Crippen LogP) is 4.12. The Balaban J connectivity index is 2.24. The van der Waals surface area contributed by atoms with Gasteiger partial charge in [0, 0.05) is 6.42 Å². The molecule has 1 aliphatic rings. The van der Waals surface area contributed by atoms with Crippen molar-refractivity contribution in [3.63, 3.8) is 0 Å². The van der Waals surface area contributed by atoms with Crippen LogP contribution in [-0.4, -0.2) is 37.9 Å². The number of terminal acetylenes is 1. The Morgan fingerprint density at radius 1 is 1.19 bits per heavy atom. The quantitative estimate of drug-likeness (QED) is 0.298. The van der Waals surface area contributed by atoms with Crippen LogP contribution in [0.4, 0.5) is 4.79 Å². The van der Waals surface area contributed by atoms with Crippen molar-refractivity contribution in [3.05, 3.63) is 35.9 Å². The fraction of sp³-hybridized carbons (Fsp3) is 0.500. The molecule has 2 rings (SSSR count). The first-order chi connectivity index (χ1) is 12.5. The molecule has 0 radical (unpaired) electrons. The first kappa shape index (κ1) is 20.2. The first-order valence-corrected chi connectivity index (χ1v) is 11.7. The van der Waals surface area contributed by atoms with Gasteiger partial charge in [-0.05, 0) is 23.7 Å². The Morgan fingerprint density at radius 2 is 1.81 bits per heavy atom. The number of likely N-dealkylation sites (tertiary alicyclic amines) is 1. The summed E-state index contributed by atoms with van der Waals surface area (Å²) in [7, 11) is -1.99. The lowest BCUT2D eigenvalue weighted by Gasteiger charge is -2.48. The van der Waals surface area contributed by atoms with Gasteiger partial charge in [0.2, 0.25) is 0 Å². The van der Waals surface area contributed by atoms with E-state index in [-0.39, 0.29) is 12.5 Å². The van der Waals surface area contributed by atoms with Crippen LogP contribution in [0.2, 0.25) is 18.1 Å². The van der Waals surface area contributed by atoms with Crippen LogP contribution in [0.3, 0.4) is 0 Å². The van der Waals surface area contributed by atoms with Crippen molar-refractivity contribution in [1.29, 1.82) is 0 Å². The summed E-state index contributed by atoms with van der Waals surface area (Å²) in [5.74, 6) is 2.09. The lowest BCUT2D eigenvalue weighted by Crippen LogP contribution is -2.64. The minimum Gasteiger partial charge on any atom is -0.448 e. The molecule has 0 N–H and O–H groups in total. The van der Waals surface area contributed by atoms with Gasteiger partial charge >= 0.3 is 6.09 Å². The van der Waals surface area contributed by atoms with Crippen LogP contribution < -0.4 is 0 Å². The lowest BCUT2D eigenvalue weighted by molar-refractivity contribution is -0.160. The number of amides is 2. The monoisotopic (exact) mass is 373 g/mol. The standard InChI is InChI=1S/C20H27NO4Si/c1-5-9-15-24-20(23)21-17(16-13-11-10-12-14-16)18(19(21)22)25-26(6-2,7-3)8-4/h1,10-14,17-18H,6-9,15H2,2-4H3. The molecule has 0 aliphatic carbocycles. The molecule has 5 nitrogen and oxygen atoms in total. The summed E-state index contributed by atoms with van der Waals surface area (Å²) < 4.78 is 11.6. The van der Waals surface area contributed by atoms with Gasteiger partial charge in [0.05, 0.1) is 0 Å². The molecular weight excluding hydrogens is 346 g/mol. The van der Waals surface area contributed by atoms with Gasteiger partial charge in [-0.15, -0.1) is 12.3 Å². The van der Waals surface area contributed by atoms with Crippen molar-refractivity contribution >= 4 is 20.3 Å². The summed E-state index contributed by atoms with van der Waals surface area (Å²) in [6.07, 6.45) is 4.23. The van der Waals surface area contributed by atoms with Gasteiger partial charge in [-0.1, -0.05) is 51.1 Å². The fourth-order valence-electron chi connectivity index (χ4n) is 3.29. The number of β-lactam (4-membered cyclic amide) rings is 1. The third-order valence-electron chi connectivity index (χ3n) is 5.17. The number of ether oxygens (including phenoxy) is 1. The zero-order valence-corrected chi connectivity index (χ0v) is 16.7. The maximum atomic E-state index is 12.7. The molecule has 0 spiro atoms. The normalized spacial score (nSPS) is 19.6. The van der Waals surface area contributed by atoms with Gasteiger partial charge in [-0.2, -0.15) is 0 Å². The minimum absolute atomic E-state index is 0.101. The first-order valence-electron chi connectivity index (χ1n) is 9.19. The third-order valence-corrected chi connectivity index (χ3v) is 9.79.